The highest BCUT2D eigenvalue weighted by Gasteiger charge is 2.36. The molecule has 0 atom stereocenters. The summed E-state index contributed by atoms with van der Waals surface area (Å²) in [4.78, 5) is 11.8. The highest BCUT2D eigenvalue weighted by molar-refractivity contribution is 9.10. The Bertz CT molecular complexity index is 547. The summed E-state index contributed by atoms with van der Waals surface area (Å²) < 4.78 is 38.7. The van der Waals surface area contributed by atoms with E-state index < -0.39 is 28.7 Å². The lowest BCUT2D eigenvalue weighted by molar-refractivity contribution is -0.138. The van der Waals surface area contributed by atoms with Gasteiger partial charge < -0.3 is 5.32 Å². The summed E-state index contributed by atoms with van der Waals surface area (Å²) in [6.07, 6.45) is -4.65. The fourth-order valence-electron chi connectivity index (χ4n) is 1.33. The maximum Gasteiger partial charge on any atom is 0.417 e. The van der Waals surface area contributed by atoms with Gasteiger partial charge >= 0.3 is 6.18 Å². The first-order chi connectivity index (χ1) is 8.57. The average molecular weight is 335 g/mol. The first-order valence-electron chi connectivity index (χ1n) is 5.17. The minimum atomic E-state index is -4.65. The zero-order valence-corrected chi connectivity index (χ0v) is 11.7. The highest BCUT2D eigenvalue weighted by Crippen LogP contribution is 2.34. The van der Waals surface area contributed by atoms with E-state index >= 15 is 0 Å². The van der Waals surface area contributed by atoms with Gasteiger partial charge in [0.15, 0.2) is 0 Å². The second-order valence-corrected chi connectivity index (χ2v) is 5.29. The summed E-state index contributed by atoms with van der Waals surface area (Å²) in [5.41, 5.74) is -2.81. The predicted octanol–water partition coefficient (Wildman–Crippen LogP) is 3.50. The van der Waals surface area contributed by atoms with Crippen molar-refractivity contribution in [2.45, 2.75) is 25.6 Å². The molecule has 0 saturated heterocycles. The molecule has 102 valence electrons. The van der Waals surface area contributed by atoms with E-state index in [4.69, 9.17) is 5.26 Å². The number of halogens is 4. The van der Waals surface area contributed by atoms with Crippen LogP contribution in [0.2, 0.25) is 0 Å². The Hall–Kier alpha value is -1.55. The molecule has 0 radical (unpaired) electrons. The van der Waals surface area contributed by atoms with Crippen molar-refractivity contribution in [1.29, 1.82) is 5.26 Å². The average Bonchev–Trinajstić information content (AvgIpc) is 2.27. The number of rotatable bonds is 2. The topological polar surface area (TPSA) is 52.9 Å². The molecule has 0 fully saturated rings. The number of nitriles is 1. The fraction of sp³-hybridized carbons (Fsp3) is 0.333. The van der Waals surface area contributed by atoms with Crippen LogP contribution < -0.4 is 5.32 Å². The lowest BCUT2D eigenvalue weighted by atomic mass is 10.0. The summed E-state index contributed by atoms with van der Waals surface area (Å²) >= 11 is 2.93. The van der Waals surface area contributed by atoms with Gasteiger partial charge in [0.1, 0.15) is 5.54 Å². The van der Waals surface area contributed by atoms with Crippen LogP contribution in [0, 0.1) is 11.3 Å². The van der Waals surface area contributed by atoms with Gasteiger partial charge in [-0.25, -0.2) is 0 Å². The van der Waals surface area contributed by atoms with Gasteiger partial charge in [-0.15, -0.1) is 0 Å². The number of hydrogen-bond donors (Lipinski definition) is 1. The van der Waals surface area contributed by atoms with Crippen LogP contribution in [0.15, 0.2) is 22.7 Å². The maximum absolute atomic E-state index is 12.8. The minimum Gasteiger partial charge on any atom is -0.334 e. The zero-order chi connectivity index (χ0) is 14.8. The number of benzene rings is 1. The molecule has 0 aliphatic carbocycles. The Balaban J connectivity index is 3.22. The molecule has 1 N–H and O–H groups in total. The van der Waals surface area contributed by atoms with E-state index in [1.165, 1.54) is 19.9 Å². The van der Waals surface area contributed by atoms with Crippen molar-refractivity contribution in [3.8, 4) is 6.07 Å². The monoisotopic (exact) mass is 334 g/mol. The van der Waals surface area contributed by atoms with Gasteiger partial charge in [0.2, 0.25) is 0 Å². The third-order valence-electron chi connectivity index (χ3n) is 2.24. The normalized spacial score (nSPS) is 11.8. The van der Waals surface area contributed by atoms with E-state index in [0.717, 1.165) is 12.1 Å². The second-order valence-electron chi connectivity index (χ2n) is 4.38. The number of hydrogen-bond acceptors (Lipinski definition) is 2. The van der Waals surface area contributed by atoms with Crippen molar-refractivity contribution < 1.29 is 18.0 Å². The quantitative estimate of drug-likeness (QED) is 0.899. The molecular weight excluding hydrogens is 325 g/mol. The van der Waals surface area contributed by atoms with Crippen molar-refractivity contribution in [2.75, 3.05) is 0 Å². The molecule has 0 spiro atoms. The fourth-order valence-corrected chi connectivity index (χ4v) is 1.69. The molecule has 0 aromatic heterocycles. The Kier molecular flexibility index (Phi) is 4.25. The van der Waals surface area contributed by atoms with Crippen LogP contribution in [-0.2, 0) is 6.18 Å². The molecule has 0 saturated carbocycles. The van der Waals surface area contributed by atoms with Crippen LogP contribution >= 0.6 is 15.9 Å². The first-order valence-corrected chi connectivity index (χ1v) is 5.96. The molecule has 19 heavy (non-hydrogen) atoms. The number of amides is 1. The standard InChI is InChI=1S/C12H10BrF3N2O/c1-11(2,6-17)18-10(19)8-4-3-7(13)5-9(8)12(14,15)16/h3-5H,1-2H3,(H,18,19). The molecule has 0 unspecified atom stereocenters. The number of alkyl halides is 3. The summed E-state index contributed by atoms with van der Waals surface area (Å²) in [6, 6.07) is 5.02. The van der Waals surface area contributed by atoms with Crippen LogP contribution in [0.1, 0.15) is 29.8 Å². The minimum absolute atomic E-state index is 0.218. The summed E-state index contributed by atoms with van der Waals surface area (Å²) in [5.74, 6) is -0.939. The van der Waals surface area contributed by atoms with E-state index in [1.807, 2.05) is 0 Å². The Morgan fingerprint density at radius 1 is 1.37 bits per heavy atom. The van der Waals surface area contributed by atoms with Gasteiger partial charge in [-0.3, -0.25) is 4.79 Å². The van der Waals surface area contributed by atoms with Gasteiger partial charge in [0, 0.05) is 4.47 Å². The van der Waals surface area contributed by atoms with E-state index in [2.05, 4.69) is 21.2 Å². The predicted molar refractivity (Wildman–Crippen MR) is 66.3 cm³/mol. The zero-order valence-electron chi connectivity index (χ0n) is 10.1. The van der Waals surface area contributed by atoms with Crippen molar-refractivity contribution >= 4 is 21.8 Å². The van der Waals surface area contributed by atoms with Gasteiger partial charge in [0.25, 0.3) is 5.91 Å². The maximum atomic E-state index is 12.8. The largest absolute Gasteiger partial charge is 0.417 e. The van der Waals surface area contributed by atoms with Gasteiger partial charge in [-0.2, -0.15) is 18.4 Å². The number of carbonyl (C=O) groups is 1. The molecule has 3 nitrogen and oxygen atoms in total. The summed E-state index contributed by atoms with van der Waals surface area (Å²) in [5, 5.41) is 11.0. The van der Waals surface area contributed by atoms with E-state index in [-0.39, 0.29) is 4.47 Å². The molecule has 1 rings (SSSR count). The van der Waals surface area contributed by atoms with Gasteiger partial charge in [-0.05, 0) is 32.0 Å². The molecule has 1 aromatic rings. The Morgan fingerprint density at radius 2 is 1.95 bits per heavy atom. The van der Waals surface area contributed by atoms with Crippen molar-refractivity contribution in [1.82, 2.24) is 5.32 Å². The van der Waals surface area contributed by atoms with Crippen LogP contribution in [0.25, 0.3) is 0 Å². The van der Waals surface area contributed by atoms with Crippen molar-refractivity contribution in [2.24, 2.45) is 0 Å². The van der Waals surface area contributed by atoms with E-state index in [1.54, 1.807) is 6.07 Å². The number of carbonyl (C=O) groups excluding carboxylic acids is 1. The lowest BCUT2D eigenvalue weighted by Crippen LogP contribution is -2.42. The second kappa shape index (κ2) is 5.21. The van der Waals surface area contributed by atoms with Crippen molar-refractivity contribution in [3.05, 3.63) is 33.8 Å². The Morgan fingerprint density at radius 3 is 2.42 bits per heavy atom. The van der Waals surface area contributed by atoms with Crippen molar-refractivity contribution in [3.63, 3.8) is 0 Å². The SMILES string of the molecule is CC(C)(C#N)NC(=O)c1ccc(Br)cc1C(F)(F)F. The van der Waals surface area contributed by atoms with Crippen LogP contribution in [-0.4, -0.2) is 11.4 Å². The first kappa shape index (κ1) is 15.5. The van der Waals surface area contributed by atoms with E-state index in [0.29, 0.717) is 0 Å². The number of nitrogens with zero attached hydrogens (tertiary/aromatic N) is 1. The van der Waals surface area contributed by atoms with Gasteiger partial charge in [0.05, 0.1) is 17.2 Å². The molecule has 0 aliphatic heterocycles. The molecule has 1 aromatic carbocycles. The van der Waals surface area contributed by atoms with Crippen LogP contribution in [0.5, 0.6) is 0 Å². The smallest absolute Gasteiger partial charge is 0.334 e. The summed E-state index contributed by atoms with van der Waals surface area (Å²) in [7, 11) is 0. The van der Waals surface area contributed by atoms with Crippen LogP contribution in [0.3, 0.4) is 0 Å². The third-order valence-corrected chi connectivity index (χ3v) is 2.73. The number of nitrogens with one attached hydrogen (secondary N) is 1. The summed E-state index contributed by atoms with van der Waals surface area (Å²) in [6.45, 7) is 2.80. The van der Waals surface area contributed by atoms with E-state index in [9.17, 15) is 18.0 Å². The molecule has 0 bridgehead atoms. The van der Waals surface area contributed by atoms with Gasteiger partial charge in [-0.1, -0.05) is 15.9 Å². The third kappa shape index (κ3) is 3.96. The molecule has 0 aliphatic rings. The molecule has 1 amide bonds. The Labute approximate surface area is 116 Å². The van der Waals surface area contributed by atoms with Crippen LogP contribution in [0.4, 0.5) is 13.2 Å². The molecule has 7 heteroatoms. The highest BCUT2D eigenvalue weighted by atomic mass is 79.9. The molecule has 0 heterocycles. The lowest BCUT2D eigenvalue weighted by Gasteiger charge is -2.19. The molecular formula is C12H10BrF3N2O.